The lowest BCUT2D eigenvalue weighted by molar-refractivity contribution is -0.114. The van der Waals surface area contributed by atoms with E-state index >= 15 is 0 Å². The molecule has 2 aromatic carbocycles. The fourth-order valence-corrected chi connectivity index (χ4v) is 4.16. The van der Waals surface area contributed by atoms with Gasteiger partial charge in [-0.05, 0) is 62.1 Å². The molecule has 0 unspecified atom stereocenters. The van der Waals surface area contributed by atoms with Gasteiger partial charge in [0.2, 0.25) is 15.9 Å². The van der Waals surface area contributed by atoms with Gasteiger partial charge in [0.15, 0.2) is 0 Å². The summed E-state index contributed by atoms with van der Waals surface area (Å²) in [6, 6.07) is 13.7. The Morgan fingerprint density at radius 3 is 2.41 bits per heavy atom. The summed E-state index contributed by atoms with van der Waals surface area (Å²) >= 11 is 0. The number of carbonyl (C=O) groups is 1. The Kier molecular flexibility index (Phi) is 6.64. The van der Waals surface area contributed by atoms with Crippen LogP contribution < -0.4 is 19.1 Å². The Balaban J connectivity index is 1.65. The van der Waals surface area contributed by atoms with Gasteiger partial charge in [-0.3, -0.25) is 9.10 Å². The molecule has 1 N–H and O–H groups in total. The number of hydrogen-bond acceptors (Lipinski definition) is 5. The number of carbonyl (C=O) groups excluding carboxylic acids is 1. The van der Waals surface area contributed by atoms with Crippen molar-refractivity contribution < 1.29 is 22.7 Å². The summed E-state index contributed by atoms with van der Waals surface area (Å²) in [5.41, 5.74) is 0.940. The summed E-state index contributed by atoms with van der Waals surface area (Å²) in [6.45, 7) is -0.341. The fraction of sp³-hybridized carbons (Fsp3) is 0.381. The van der Waals surface area contributed by atoms with Gasteiger partial charge in [-0.15, -0.1) is 0 Å². The minimum Gasteiger partial charge on any atom is -0.497 e. The number of rotatable bonds is 8. The topological polar surface area (TPSA) is 84.9 Å². The summed E-state index contributed by atoms with van der Waals surface area (Å²) < 4.78 is 36.5. The lowest BCUT2D eigenvalue weighted by Crippen LogP contribution is -2.37. The van der Waals surface area contributed by atoms with Crippen LogP contribution in [0.25, 0.3) is 0 Å². The number of ether oxygens (including phenoxy) is 2. The van der Waals surface area contributed by atoms with Crippen molar-refractivity contribution in [3.05, 3.63) is 48.5 Å². The summed E-state index contributed by atoms with van der Waals surface area (Å²) in [5, 5.41) is 2.73. The summed E-state index contributed by atoms with van der Waals surface area (Å²) in [6.07, 6.45) is 5.87. The lowest BCUT2D eigenvalue weighted by atomic mass is 10.2. The SMILES string of the molecule is COc1cccc(N(CC(=O)Nc2ccc(OC3CCCC3)cc2)S(C)(=O)=O)c1. The van der Waals surface area contributed by atoms with Crippen LogP contribution in [-0.2, 0) is 14.8 Å². The third-order valence-corrected chi connectivity index (χ3v) is 5.91. The molecule has 0 spiro atoms. The van der Waals surface area contributed by atoms with Crippen molar-refractivity contribution in [3.63, 3.8) is 0 Å². The van der Waals surface area contributed by atoms with Gasteiger partial charge in [-0.1, -0.05) is 6.07 Å². The maximum atomic E-state index is 12.5. The third-order valence-electron chi connectivity index (χ3n) is 4.77. The number of amides is 1. The van der Waals surface area contributed by atoms with Crippen LogP contribution in [0, 0.1) is 0 Å². The van der Waals surface area contributed by atoms with E-state index in [9.17, 15) is 13.2 Å². The second kappa shape index (κ2) is 9.17. The fourth-order valence-electron chi connectivity index (χ4n) is 3.31. The molecule has 1 aliphatic rings. The van der Waals surface area contributed by atoms with E-state index in [2.05, 4.69) is 5.32 Å². The molecule has 29 heavy (non-hydrogen) atoms. The molecule has 0 saturated heterocycles. The van der Waals surface area contributed by atoms with Crippen molar-refractivity contribution in [1.29, 1.82) is 0 Å². The van der Waals surface area contributed by atoms with E-state index in [0.29, 0.717) is 17.1 Å². The molecule has 1 aliphatic carbocycles. The molecule has 1 amide bonds. The van der Waals surface area contributed by atoms with Crippen LogP contribution in [0.3, 0.4) is 0 Å². The first-order valence-corrected chi connectivity index (χ1v) is 11.4. The predicted octanol–water partition coefficient (Wildman–Crippen LogP) is 3.42. The van der Waals surface area contributed by atoms with E-state index in [1.165, 1.54) is 20.0 Å². The zero-order valence-electron chi connectivity index (χ0n) is 16.6. The molecule has 2 aromatic rings. The molecule has 0 bridgehead atoms. The summed E-state index contributed by atoms with van der Waals surface area (Å²) in [7, 11) is -2.16. The van der Waals surface area contributed by atoms with Crippen molar-refractivity contribution in [2.75, 3.05) is 29.5 Å². The van der Waals surface area contributed by atoms with Crippen molar-refractivity contribution in [2.45, 2.75) is 31.8 Å². The number of nitrogens with zero attached hydrogens (tertiary/aromatic N) is 1. The number of nitrogens with one attached hydrogen (secondary N) is 1. The quantitative estimate of drug-likeness (QED) is 0.710. The Bertz CT molecular complexity index is 938. The zero-order valence-corrected chi connectivity index (χ0v) is 17.4. The van der Waals surface area contributed by atoms with Crippen LogP contribution in [0.5, 0.6) is 11.5 Å². The van der Waals surface area contributed by atoms with E-state index < -0.39 is 15.9 Å². The molecule has 156 valence electrons. The van der Waals surface area contributed by atoms with E-state index in [-0.39, 0.29) is 12.6 Å². The van der Waals surface area contributed by atoms with Crippen LogP contribution in [0.1, 0.15) is 25.7 Å². The highest BCUT2D eigenvalue weighted by atomic mass is 32.2. The minimum absolute atomic E-state index is 0.265. The number of hydrogen-bond donors (Lipinski definition) is 1. The minimum atomic E-state index is -3.65. The van der Waals surface area contributed by atoms with Gasteiger partial charge in [0.25, 0.3) is 0 Å². The molecule has 0 radical (unpaired) electrons. The highest BCUT2D eigenvalue weighted by Crippen LogP contribution is 2.26. The smallest absolute Gasteiger partial charge is 0.245 e. The maximum Gasteiger partial charge on any atom is 0.245 e. The number of methoxy groups -OCH3 is 1. The van der Waals surface area contributed by atoms with Gasteiger partial charge >= 0.3 is 0 Å². The van der Waals surface area contributed by atoms with Crippen LogP contribution in [0.4, 0.5) is 11.4 Å². The molecular formula is C21H26N2O5S. The molecule has 1 fully saturated rings. The monoisotopic (exact) mass is 418 g/mol. The van der Waals surface area contributed by atoms with Gasteiger partial charge in [0.05, 0.1) is 25.2 Å². The first-order chi connectivity index (χ1) is 13.8. The standard InChI is InChI=1S/C21H26N2O5S/c1-27-20-9-5-6-17(14-20)23(29(2,25)26)15-21(24)22-16-10-12-19(13-11-16)28-18-7-3-4-8-18/h5-6,9-14,18H,3-4,7-8,15H2,1-2H3,(H,22,24). The van der Waals surface area contributed by atoms with Crippen LogP contribution in [-0.4, -0.2) is 40.3 Å². The molecule has 1 saturated carbocycles. The van der Waals surface area contributed by atoms with Crippen molar-refractivity contribution in [3.8, 4) is 11.5 Å². The summed E-state index contributed by atoms with van der Waals surface area (Å²) in [5.74, 6) is 0.834. The number of benzene rings is 2. The molecule has 3 rings (SSSR count). The molecule has 0 aliphatic heterocycles. The van der Waals surface area contributed by atoms with E-state index in [0.717, 1.165) is 29.2 Å². The molecule has 0 aromatic heterocycles. The Morgan fingerprint density at radius 1 is 1.10 bits per heavy atom. The largest absolute Gasteiger partial charge is 0.497 e. The Labute approximate surface area is 171 Å². The van der Waals surface area contributed by atoms with E-state index in [4.69, 9.17) is 9.47 Å². The van der Waals surface area contributed by atoms with E-state index in [1.807, 2.05) is 12.1 Å². The van der Waals surface area contributed by atoms with Gasteiger partial charge < -0.3 is 14.8 Å². The van der Waals surface area contributed by atoms with Gasteiger partial charge in [-0.2, -0.15) is 0 Å². The van der Waals surface area contributed by atoms with Crippen LogP contribution in [0.2, 0.25) is 0 Å². The first kappa shape index (κ1) is 21.0. The van der Waals surface area contributed by atoms with Gasteiger partial charge in [0.1, 0.15) is 18.0 Å². The van der Waals surface area contributed by atoms with E-state index in [1.54, 1.807) is 36.4 Å². The summed E-state index contributed by atoms with van der Waals surface area (Å²) in [4.78, 5) is 12.5. The highest BCUT2D eigenvalue weighted by Gasteiger charge is 2.21. The predicted molar refractivity (Wildman–Crippen MR) is 113 cm³/mol. The average molecular weight is 419 g/mol. The second-order valence-electron chi connectivity index (χ2n) is 7.07. The van der Waals surface area contributed by atoms with Crippen molar-refractivity contribution >= 4 is 27.3 Å². The molecule has 7 nitrogen and oxygen atoms in total. The Morgan fingerprint density at radius 2 is 1.79 bits per heavy atom. The maximum absolute atomic E-state index is 12.5. The van der Waals surface area contributed by atoms with Gasteiger partial charge in [-0.25, -0.2) is 8.42 Å². The van der Waals surface area contributed by atoms with Crippen molar-refractivity contribution in [2.24, 2.45) is 0 Å². The molecule has 0 heterocycles. The number of sulfonamides is 1. The second-order valence-corrected chi connectivity index (χ2v) is 8.97. The number of anilines is 2. The molecule has 0 atom stereocenters. The molecular weight excluding hydrogens is 392 g/mol. The first-order valence-electron chi connectivity index (χ1n) is 9.53. The van der Waals surface area contributed by atoms with Gasteiger partial charge in [0, 0.05) is 11.8 Å². The Hall–Kier alpha value is -2.74. The third kappa shape index (κ3) is 5.87. The average Bonchev–Trinajstić information content (AvgIpc) is 3.20. The normalized spacial score (nSPS) is 14.4. The zero-order chi connectivity index (χ0) is 20.9. The van der Waals surface area contributed by atoms with Crippen molar-refractivity contribution in [1.82, 2.24) is 0 Å². The highest BCUT2D eigenvalue weighted by molar-refractivity contribution is 7.92. The lowest BCUT2D eigenvalue weighted by Gasteiger charge is -2.22. The van der Waals surface area contributed by atoms with Crippen LogP contribution in [0.15, 0.2) is 48.5 Å². The van der Waals surface area contributed by atoms with Crippen LogP contribution >= 0.6 is 0 Å². The molecule has 8 heteroatoms.